The Morgan fingerprint density at radius 3 is 2.33 bits per heavy atom. The molecule has 1 amide bonds. The predicted molar refractivity (Wildman–Crippen MR) is 75.8 cm³/mol. The van der Waals surface area contributed by atoms with Gasteiger partial charge >= 0.3 is 0 Å². The monoisotopic (exact) mass is 281 g/mol. The Hall–Kier alpha value is -2.95. The van der Waals surface area contributed by atoms with Crippen LogP contribution < -0.4 is 10.1 Å². The Bertz CT molecular complexity index is 762. The fraction of sp³-hybridized carbons (Fsp3) is 0.0625. The number of ketones is 2. The van der Waals surface area contributed by atoms with E-state index in [1.54, 1.807) is 37.4 Å². The average molecular weight is 281 g/mol. The first-order chi connectivity index (χ1) is 10.1. The molecule has 2 aromatic rings. The first kappa shape index (κ1) is 13.1. The molecule has 0 aliphatic carbocycles. The molecule has 1 aliphatic heterocycles. The van der Waals surface area contributed by atoms with E-state index in [0.717, 1.165) is 0 Å². The lowest BCUT2D eigenvalue weighted by atomic mass is 10.0. The van der Waals surface area contributed by atoms with Crippen LogP contribution in [0.1, 0.15) is 26.3 Å². The standard InChI is InChI=1S/C16H11NO4/c1-21-11-5-2-9(3-6-11)14(18)10-4-7-12-13(8-10)17-16(20)15(12)19/h2-8H,1H3,(H,17,19,20). The van der Waals surface area contributed by atoms with E-state index in [1.165, 1.54) is 12.1 Å². The topological polar surface area (TPSA) is 72.5 Å². The van der Waals surface area contributed by atoms with Crippen LogP contribution in [0.5, 0.6) is 5.75 Å². The van der Waals surface area contributed by atoms with Gasteiger partial charge in [0.2, 0.25) is 0 Å². The molecule has 1 heterocycles. The molecule has 0 atom stereocenters. The van der Waals surface area contributed by atoms with Gasteiger partial charge in [0.15, 0.2) is 5.78 Å². The first-order valence-corrected chi connectivity index (χ1v) is 6.28. The quantitative estimate of drug-likeness (QED) is 0.690. The minimum atomic E-state index is -0.668. The SMILES string of the molecule is COc1ccc(C(=O)c2ccc3c(c2)NC(=O)C3=O)cc1. The number of rotatable bonds is 3. The molecule has 2 aromatic carbocycles. The number of Topliss-reactive ketones (excluding diaryl/α,β-unsaturated/α-hetero) is 1. The maximum Gasteiger partial charge on any atom is 0.296 e. The zero-order chi connectivity index (χ0) is 15.0. The Morgan fingerprint density at radius 1 is 1.00 bits per heavy atom. The minimum Gasteiger partial charge on any atom is -0.497 e. The molecule has 0 saturated carbocycles. The van der Waals surface area contributed by atoms with E-state index in [1.807, 2.05) is 0 Å². The molecular formula is C16H11NO4. The first-order valence-electron chi connectivity index (χ1n) is 6.28. The lowest BCUT2D eigenvalue weighted by Crippen LogP contribution is -2.12. The van der Waals surface area contributed by atoms with Crippen molar-refractivity contribution in [2.45, 2.75) is 0 Å². The summed E-state index contributed by atoms with van der Waals surface area (Å²) in [6.07, 6.45) is 0. The second-order valence-corrected chi connectivity index (χ2v) is 4.60. The van der Waals surface area contributed by atoms with Crippen LogP contribution in [-0.4, -0.2) is 24.6 Å². The smallest absolute Gasteiger partial charge is 0.296 e. The van der Waals surface area contributed by atoms with Crippen molar-refractivity contribution < 1.29 is 19.1 Å². The van der Waals surface area contributed by atoms with Crippen LogP contribution in [0.4, 0.5) is 5.69 Å². The van der Waals surface area contributed by atoms with Crippen molar-refractivity contribution in [3.8, 4) is 5.75 Å². The van der Waals surface area contributed by atoms with E-state index in [0.29, 0.717) is 28.1 Å². The summed E-state index contributed by atoms with van der Waals surface area (Å²) in [6.45, 7) is 0. The number of nitrogens with one attached hydrogen (secondary N) is 1. The zero-order valence-electron chi connectivity index (χ0n) is 11.2. The number of fused-ring (bicyclic) bond motifs is 1. The number of ether oxygens (including phenoxy) is 1. The van der Waals surface area contributed by atoms with E-state index >= 15 is 0 Å². The Kier molecular flexibility index (Phi) is 3.02. The Labute approximate surface area is 120 Å². The summed E-state index contributed by atoms with van der Waals surface area (Å²) in [4.78, 5) is 35.2. The molecule has 0 unspecified atom stereocenters. The Morgan fingerprint density at radius 2 is 1.67 bits per heavy atom. The van der Waals surface area contributed by atoms with Crippen LogP contribution in [0.2, 0.25) is 0 Å². The number of methoxy groups -OCH3 is 1. The van der Waals surface area contributed by atoms with Crippen molar-refractivity contribution in [3.63, 3.8) is 0 Å². The Balaban J connectivity index is 1.94. The summed E-state index contributed by atoms with van der Waals surface area (Å²) in [6, 6.07) is 11.3. The van der Waals surface area contributed by atoms with Gasteiger partial charge in [-0.3, -0.25) is 14.4 Å². The van der Waals surface area contributed by atoms with E-state index in [2.05, 4.69) is 5.32 Å². The molecule has 3 rings (SSSR count). The molecule has 0 saturated heterocycles. The van der Waals surface area contributed by atoms with Crippen molar-refractivity contribution in [1.29, 1.82) is 0 Å². The van der Waals surface area contributed by atoms with Gasteiger partial charge in [0.25, 0.3) is 11.7 Å². The third-order valence-electron chi connectivity index (χ3n) is 3.33. The van der Waals surface area contributed by atoms with E-state index in [-0.39, 0.29) is 5.78 Å². The third kappa shape index (κ3) is 2.18. The molecule has 1 aliphatic rings. The number of hydrogen-bond acceptors (Lipinski definition) is 4. The molecule has 0 spiro atoms. The third-order valence-corrected chi connectivity index (χ3v) is 3.33. The zero-order valence-corrected chi connectivity index (χ0v) is 11.2. The van der Waals surface area contributed by atoms with Crippen LogP contribution in [-0.2, 0) is 4.79 Å². The maximum absolute atomic E-state index is 12.4. The molecule has 0 aromatic heterocycles. The van der Waals surface area contributed by atoms with Gasteiger partial charge in [0.1, 0.15) is 5.75 Å². The van der Waals surface area contributed by atoms with Gasteiger partial charge in [-0.25, -0.2) is 0 Å². The molecule has 5 heteroatoms. The molecule has 21 heavy (non-hydrogen) atoms. The van der Waals surface area contributed by atoms with Gasteiger partial charge in [-0.05, 0) is 36.4 Å². The molecule has 0 bridgehead atoms. The van der Waals surface area contributed by atoms with Gasteiger partial charge < -0.3 is 10.1 Å². The van der Waals surface area contributed by atoms with E-state index < -0.39 is 11.7 Å². The van der Waals surface area contributed by atoms with E-state index in [4.69, 9.17) is 4.74 Å². The summed E-state index contributed by atoms with van der Waals surface area (Å²) in [5.74, 6) is -0.764. The molecule has 5 nitrogen and oxygen atoms in total. The lowest BCUT2D eigenvalue weighted by molar-refractivity contribution is -0.112. The molecule has 0 radical (unpaired) electrons. The summed E-state index contributed by atoms with van der Waals surface area (Å²) in [5, 5.41) is 2.45. The van der Waals surface area contributed by atoms with Gasteiger partial charge in [-0.2, -0.15) is 0 Å². The van der Waals surface area contributed by atoms with Crippen molar-refractivity contribution >= 4 is 23.2 Å². The number of anilines is 1. The van der Waals surface area contributed by atoms with Crippen molar-refractivity contribution in [2.75, 3.05) is 12.4 Å². The average Bonchev–Trinajstić information content (AvgIpc) is 2.81. The maximum atomic E-state index is 12.4. The molecule has 0 fully saturated rings. The van der Waals surface area contributed by atoms with Crippen molar-refractivity contribution in [2.24, 2.45) is 0 Å². The van der Waals surface area contributed by atoms with Crippen LogP contribution in [0.15, 0.2) is 42.5 Å². The number of amides is 1. The molecule has 1 N–H and O–H groups in total. The summed E-state index contributed by atoms with van der Waals surface area (Å²) in [5.41, 5.74) is 1.59. The highest BCUT2D eigenvalue weighted by molar-refractivity contribution is 6.51. The van der Waals surface area contributed by atoms with Crippen molar-refractivity contribution in [1.82, 2.24) is 0 Å². The summed E-state index contributed by atoms with van der Waals surface area (Å²) >= 11 is 0. The lowest BCUT2D eigenvalue weighted by Gasteiger charge is -2.05. The van der Waals surface area contributed by atoms with E-state index in [9.17, 15) is 14.4 Å². The van der Waals surface area contributed by atoms with Gasteiger partial charge in [-0.1, -0.05) is 6.07 Å². The van der Waals surface area contributed by atoms with Crippen LogP contribution >= 0.6 is 0 Å². The van der Waals surface area contributed by atoms with Crippen LogP contribution in [0.25, 0.3) is 0 Å². The second-order valence-electron chi connectivity index (χ2n) is 4.60. The highest BCUT2D eigenvalue weighted by Gasteiger charge is 2.28. The predicted octanol–water partition coefficient (Wildman–Crippen LogP) is 2.06. The molecule has 104 valence electrons. The van der Waals surface area contributed by atoms with Crippen LogP contribution in [0.3, 0.4) is 0 Å². The van der Waals surface area contributed by atoms with Crippen molar-refractivity contribution in [3.05, 3.63) is 59.2 Å². The fourth-order valence-electron chi connectivity index (χ4n) is 2.20. The summed E-state index contributed by atoms with van der Waals surface area (Å²) in [7, 11) is 1.55. The largest absolute Gasteiger partial charge is 0.497 e. The molecular weight excluding hydrogens is 270 g/mol. The van der Waals surface area contributed by atoms with Gasteiger partial charge in [0.05, 0.1) is 18.4 Å². The number of benzene rings is 2. The second kappa shape index (κ2) is 4.86. The highest BCUT2D eigenvalue weighted by atomic mass is 16.5. The number of carbonyl (C=O) groups is 3. The fourth-order valence-corrected chi connectivity index (χ4v) is 2.20. The van der Waals surface area contributed by atoms with Crippen LogP contribution in [0, 0.1) is 0 Å². The number of hydrogen-bond donors (Lipinski definition) is 1. The van der Waals surface area contributed by atoms with Gasteiger partial charge in [0, 0.05) is 11.1 Å². The van der Waals surface area contributed by atoms with Gasteiger partial charge in [-0.15, -0.1) is 0 Å². The number of carbonyl (C=O) groups excluding carboxylic acids is 3. The normalized spacial score (nSPS) is 12.8. The minimum absolute atomic E-state index is 0.186. The highest BCUT2D eigenvalue weighted by Crippen LogP contribution is 2.25. The summed E-state index contributed by atoms with van der Waals surface area (Å²) < 4.78 is 5.04.